The van der Waals surface area contributed by atoms with E-state index in [1.165, 1.54) is 0 Å². The lowest BCUT2D eigenvalue weighted by Crippen LogP contribution is -2.36. The number of hydrogen-bond donors (Lipinski definition) is 3. The number of oxazole rings is 1. The highest BCUT2D eigenvalue weighted by atomic mass is 16.4. The molecule has 0 aliphatic rings. The van der Waals surface area contributed by atoms with Gasteiger partial charge in [0.25, 0.3) is 0 Å². The van der Waals surface area contributed by atoms with Gasteiger partial charge in [-0.3, -0.25) is 9.79 Å². The number of aromatic nitrogens is 1. The molecule has 0 fully saturated rings. The summed E-state index contributed by atoms with van der Waals surface area (Å²) in [6, 6.07) is 7.11. The van der Waals surface area contributed by atoms with Crippen molar-refractivity contribution < 1.29 is 9.21 Å². The van der Waals surface area contributed by atoms with Gasteiger partial charge in [0.15, 0.2) is 5.96 Å². The van der Waals surface area contributed by atoms with Crippen LogP contribution in [0.3, 0.4) is 0 Å². The number of primary amides is 1. The first kappa shape index (κ1) is 18.5. The molecule has 0 saturated carbocycles. The lowest BCUT2D eigenvalue weighted by Gasteiger charge is -2.13. The molecule has 1 aromatic carbocycles. The van der Waals surface area contributed by atoms with Gasteiger partial charge in [0.1, 0.15) is 5.76 Å². The Labute approximate surface area is 147 Å². The molecule has 25 heavy (non-hydrogen) atoms. The number of amides is 1. The molecule has 0 spiro atoms. The SMILES string of the molecule is CN=C(NCc1ccc(C(N)=O)cc1)NCc1ncc(C(C)(C)C)o1. The van der Waals surface area contributed by atoms with E-state index in [-0.39, 0.29) is 5.41 Å². The van der Waals surface area contributed by atoms with Crippen LogP contribution in [0.5, 0.6) is 0 Å². The van der Waals surface area contributed by atoms with E-state index < -0.39 is 5.91 Å². The quantitative estimate of drug-likeness (QED) is 0.568. The van der Waals surface area contributed by atoms with Gasteiger partial charge in [0.2, 0.25) is 11.8 Å². The largest absolute Gasteiger partial charge is 0.443 e. The zero-order chi connectivity index (χ0) is 18.4. The van der Waals surface area contributed by atoms with E-state index in [2.05, 4.69) is 41.4 Å². The molecule has 0 atom stereocenters. The predicted octanol–water partition coefficient (Wildman–Crippen LogP) is 1.94. The highest BCUT2D eigenvalue weighted by molar-refractivity contribution is 5.92. The summed E-state index contributed by atoms with van der Waals surface area (Å²) in [5, 5.41) is 6.35. The van der Waals surface area contributed by atoms with Crippen LogP contribution in [0.25, 0.3) is 0 Å². The van der Waals surface area contributed by atoms with Crippen LogP contribution < -0.4 is 16.4 Å². The summed E-state index contributed by atoms with van der Waals surface area (Å²) in [6.45, 7) is 7.24. The fourth-order valence-electron chi connectivity index (χ4n) is 2.09. The maximum Gasteiger partial charge on any atom is 0.248 e. The third kappa shape index (κ3) is 5.34. The Morgan fingerprint density at radius 2 is 1.84 bits per heavy atom. The maximum atomic E-state index is 11.1. The maximum absolute atomic E-state index is 11.1. The van der Waals surface area contributed by atoms with Crippen LogP contribution in [-0.2, 0) is 18.5 Å². The molecule has 2 aromatic rings. The van der Waals surface area contributed by atoms with Crippen LogP contribution in [0.1, 0.15) is 48.3 Å². The van der Waals surface area contributed by atoms with Crippen molar-refractivity contribution in [2.75, 3.05) is 7.05 Å². The fraction of sp³-hybridized carbons (Fsp3) is 0.389. The third-order valence-electron chi connectivity index (χ3n) is 3.62. The van der Waals surface area contributed by atoms with Crippen molar-refractivity contribution in [2.45, 2.75) is 39.3 Å². The molecule has 0 aliphatic carbocycles. The Kier molecular flexibility index (Phi) is 5.80. The number of guanidine groups is 1. The predicted molar refractivity (Wildman–Crippen MR) is 97.2 cm³/mol. The van der Waals surface area contributed by atoms with Crippen molar-refractivity contribution >= 4 is 11.9 Å². The van der Waals surface area contributed by atoms with Gasteiger partial charge in [-0.05, 0) is 17.7 Å². The standard InChI is InChI=1S/C18H25N5O2/c1-18(2,3)14-10-21-15(25-14)11-23-17(20-4)22-9-12-5-7-13(8-6-12)16(19)24/h5-8,10H,9,11H2,1-4H3,(H2,19,24)(H2,20,22,23). The number of nitrogens with one attached hydrogen (secondary N) is 2. The normalized spacial score (nSPS) is 12.1. The Balaban J connectivity index is 1.86. The van der Waals surface area contributed by atoms with E-state index in [1.54, 1.807) is 25.4 Å². The summed E-state index contributed by atoms with van der Waals surface area (Å²) in [6.07, 6.45) is 1.76. The molecule has 7 nitrogen and oxygen atoms in total. The number of benzene rings is 1. The second-order valence-corrected chi connectivity index (χ2v) is 6.71. The highest BCUT2D eigenvalue weighted by Gasteiger charge is 2.19. The van der Waals surface area contributed by atoms with Gasteiger partial charge >= 0.3 is 0 Å². The summed E-state index contributed by atoms with van der Waals surface area (Å²) in [5.74, 6) is 1.66. The molecule has 0 unspecified atom stereocenters. The van der Waals surface area contributed by atoms with Crippen molar-refractivity contribution in [3.63, 3.8) is 0 Å². The summed E-state index contributed by atoms with van der Waals surface area (Å²) < 4.78 is 5.74. The average molecular weight is 343 g/mol. The zero-order valence-corrected chi connectivity index (χ0v) is 15.1. The number of nitrogens with zero attached hydrogens (tertiary/aromatic N) is 2. The molecule has 1 amide bonds. The molecule has 134 valence electrons. The third-order valence-corrected chi connectivity index (χ3v) is 3.62. The summed E-state index contributed by atoms with van der Waals surface area (Å²) in [7, 11) is 1.70. The summed E-state index contributed by atoms with van der Waals surface area (Å²) in [5.41, 5.74) is 6.67. The lowest BCUT2D eigenvalue weighted by molar-refractivity contribution is 0.100. The van der Waals surface area contributed by atoms with E-state index in [9.17, 15) is 4.79 Å². The van der Waals surface area contributed by atoms with Crippen molar-refractivity contribution in [1.29, 1.82) is 0 Å². The first-order chi connectivity index (χ1) is 11.8. The minimum absolute atomic E-state index is 0.0672. The molecule has 4 N–H and O–H groups in total. The smallest absolute Gasteiger partial charge is 0.248 e. The Morgan fingerprint density at radius 3 is 2.36 bits per heavy atom. The molecule has 0 bridgehead atoms. The first-order valence-corrected chi connectivity index (χ1v) is 8.08. The van der Waals surface area contributed by atoms with Gasteiger partial charge in [0, 0.05) is 24.6 Å². The van der Waals surface area contributed by atoms with Gasteiger partial charge < -0.3 is 20.8 Å². The number of carbonyl (C=O) groups is 1. The van der Waals surface area contributed by atoms with Crippen molar-refractivity contribution in [3.8, 4) is 0 Å². The molecule has 1 heterocycles. The second-order valence-electron chi connectivity index (χ2n) is 6.71. The lowest BCUT2D eigenvalue weighted by atomic mass is 9.94. The van der Waals surface area contributed by atoms with E-state index >= 15 is 0 Å². The van der Waals surface area contributed by atoms with E-state index in [0.717, 1.165) is 11.3 Å². The van der Waals surface area contributed by atoms with Gasteiger partial charge in [-0.1, -0.05) is 32.9 Å². The monoisotopic (exact) mass is 343 g/mol. The second kappa shape index (κ2) is 7.83. The Hall–Kier alpha value is -2.83. The van der Waals surface area contributed by atoms with E-state index in [0.29, 0.717) is 30.5 Å². The molecule has 0 aliphatic heterocycles. The zero-order valence-electron chi connectivity index (χ0n) is 15.1. The van der Waals surface area contributed by atoms with Crippen LogP contribution in [0, 0.1) is 0 Å². The number of carbonyl (C=O) groups excluding carboxylic acids is 1. The minimum Gasteiger partial charge on any atom is -0.443 e. The van der Waals surface area contributed by atoms with Crippen molar-refractivity contribution in [2.24, 2.45) is 10.7 Å². The van der Waals surface area contributed by atoms with Crippen LogP contribution >= 0.6 is 0 Å². The Morgan fingerprint density at radius 1 is 1.20 bits per heavy atom. The van der Waals surface area contributed by atoms with Crippen LogP contribution in [0.15, 0.2) is 39.9 Å². The van der Waals surface area contributed by atoms with Gasteiger partial charge in [-0.25, -0.2) is 4.98 Å². The van der Waals surface area contributed by atoms with Gasteiger partial charge in [-0.2, -0.15) is 0 Å². The van der Waals surface area contributed by atoms with Crippen LogP contribution in [0.2, 0.25) is 0 Å². The minimum atomic E-state index is -0.433. The fourth-order valence-corrected chi connectivity index (χ4v) is 2.09. The van der Waals surface area contributed by atoms with E-state index in [1.807, 2.05) is 12.1 Å². The molecule has 0 radical (unpaired) electrons. The number of hydrogen-bond acceptors (Lipinski definition) is 4. The molecular weight excluding hydrogens is 318 g/mol. The van der Waals surface area contributed by atoms with Crippen molar-refractivity contribution in [3.05, 3.63) is 53.2 Å². The molecule has 7 heteroatoms. The molecule has 2 rings (SSSR count). The Bertz CT molecular complexity index is 742. The van der Waals surface area contributed by atoms with Crippen molar-refractivity contribution in [1.82, 2.24) is 15.6 Å². The van der Waals surface area contributed by atoms with Crippen LogP contribution in [-0.4, -0.2) is 23.9 Å². The average Bonchev–Trinajstić information content (AvgIpc) is 3.04. The molecule has 1 aromatic heterocycles. The number of nitrogens with two attached hydrogens (primary N) is 1. The van der Waals surface area contributed by atoms with Gasteiger partial charge in [0.05, 0.1) is 12.7 Å². The summed E-state index contributed by atoms with van der Waals surface area (Å²) >= 11 is 0. The van der Waals surface area contributed by atoms with Gasteiger partial charge in [-0.15, -0.1) is 0 Å². The van der Waals surface area contributed by atoms with Crippen LogP contribution in [0.4, 0.5) is 0 Å². The first-order valence-electron chi connectivity index (χ1n) is 8.08. The molecule has 0 saturated heterocycles. The summed E-state index contributed by atoms with van der Waals surface area (Å²) in [4.78, 5) is 19.5. The molecular formula is C18H25N5O2. The topological polar surface area (TPSA) is 106 Å². The number of aliphatic imine (C=N–C) groups is 1. The number of rotatable bonds is 5. The van der Waals surface area contributed by atoms with E-state index in [4.69, 9.17) is 10.2 Å². The highest BCUT2D eigenvalue weighted by Crippen LogP contribution is 2.22.